The Morgan fingerprint density at radius 1 is 1.14 bits per heavy atom. The summed E-state index contributed by atoms with van der Waals surface area (Å²) in [6, 6.07) is 13.5. The van der Waals surface area contributed by atoms with Crippen molar-refractivity contribution in [2.24, 2.45) is 5.73 Å². The summed E-state index contributed by atoms with van der Waals surface area (Å²) in [6.45, 7) is 2.03. The zero-order valence-corrected chi connectivity index (χ0v) is 13.5. The number of halogens is 1. The fraction of sp³-hybridized carbons (Fsp3) is 0.176. The van der Waals surface area contributed by atoms with E-state index in [1.54, 1.807) is 7.11 Å². The molecular weight excluding hydrogens is 330 g/mol. The second kappa shape index (κ2) is 5.54. The van der Waals surface area contributed by atoms with Crippen molar-refractivity contribution < 1.29 is 9.15 Å². The van der Waals surface area contributed by atoms with Crippen LogP contribution in [0.15, 0.2) is 51.4 Å². The van der Waals surface area contributed by atoms with Gasteiger partial charge in [-0.1, -0.05) is 28.1 Å². The van der Waals surface area contributed by atoms with Gasteiger partial charge >= 0.3 is 0 Å². The number of nitrogens with two attached hydrogens (primary N) is 1. The van der Waals surface area contributed by atoms with Gasteiger partial charge in [-0.3, -0.25) is 0 Å². The van der Waals surface area contributed by atoms with E-state index in [2.05, 4.69) is 15.9 Å². The largest absolute Gasteiger partial charge is 0.497 e. The van der Waals surface area contributed by atoms with Gasteiger partial charge in [-0.05, 0) is 48.4 Å². The lowest BCUT2D eigenvalue weighted by Gasteiger charge is -2.09. The maximum absolute atomic E-state index is 6.31. The smallest absolute Gasteiger partial charge is 0.137 e. The lowest BCUT2D eigenvalue weighted by molar-refractivity contribution is 0.414. The first kappa shape index (κ1) is 14.2. The van der Waals surface area contributed by atoms with E-state index in [0.717, 1.165) is 38.1 Å². The number of furan rings is 1. The number of benzene rings is 2. The van der Waals surface area contributed by atoms with Gasteiger partial charge in [0.1, 0.15) is 17.1 Å². The van der Waals surface area contributed by atoms with Crippen LogP contribution in [0.5, 0.6) is 5.75 Å². The Morgan fingerprint density at radius 3 is 2.52 bits per heavy atom. The third kappa shape index (κ3) is 2.69. The molecule has 0 fully saturated rings. The Hall–Kier alpha value is -1.78. The molecular formula is C17H16BrNO2. The van der Waals surface area contributed by atoms with Gasteiger partial charge in [0.2, 0.25) is 0 Å². The molecule has 0 aliphatic heterocycles. The third-order valence-electron chi connectivity index (χ3n) is 3.57. The average molecular weight is 346 g/mol. The molecule has 1 unspecified atom stereocenters. The van der Waals surface area contributed by atoms with Crippen LogP contribution >= 0.6 is 15.9 Å². The van der Waals surface area contributed by atoms with E-state index < -0.39 is 0 Å². The number of hydrogen-bond acceptors (Lipinski definition) is 3. The van der Waals surface area contributed by atoms with Crippen LogP contribution in [-0.2, 0) is 0 Å². The fourth-order valence-corrected chi connectivity index (χ4v) is 3.02. The first-order chi connectivity index (χ1) is 10.1. The summed E-state index contributed by atoms with van der Waals surface area (Å²) in [6.07, 6.45) is 0. The monoisotopic (exact) mass is 345 g/mol. The van der Waals surface area contributed by atoms with Crippen molar-refractivity contribution in [3.8, 4) is 5.75 Å². The summed E-state index contributed by atoms with van der Waals surface area (Å²) in [7, 11) is 1.65. The van der Waals surface area contributed by atoms with E-state index in [-0.39, 0.29) is 6.04 Å². The van der Waals surface area contributed by atoms with Gasteiger partial charge in [0.05, 0.1) is 13.2 Å². The van der Waals surface area contributed by atoms with Gasteiger partial charge in [0, 0.05) is 9.86 Å². The Balaban J connectivity index is 2.00. The quantitative estimate of drug-likeness (QED) is 0.756. The predicted molar refractivity (Wildman–Crippen MR) is 87.7 cm³/mol. The SMILES string of the molecule is COc1ccc(C(N)c2cc3cc(Br)cc(C)c3o2)cc1. The highest BCUT2D eigenvalue weighted by atomic mass is 79.9. The second-order valence-electron chi connectivity index (χ2n) is 5.04. The molecule has 3 aromatic rings. The molecule has 2 N–H and O–H groups in total. The highest BCUT2D eigenvalue weighted by Crippen LogP contribution is 2.31. The summed E-state index contributed by atoms with van der Waals surface area (Å²) in [4.78, 5) is 0. The van der Waals surface area contributed by atoms with Crippen molar-refractivity contribution in [1.82, 2.24) is 0 Å². The molecule has 21 heavy (non-hydrogen) atoms. The molecule has 0 radical (unpaired) electrons. The maximum atomic E-state index is 6.31. The summed E-state index contributed by atoms with van der Waals surface area (Å²) in [5.41, 5.74) is 9.28. The summed E-state index contributed by atoms with van der Waals surface area (Å²) >= 11 is 3.50. The van der Waals surface area contributed by atoms with E-state index in [1.165, 1.54) is 0 Å². The van der Waals surface area contributed by atoms with E-state index in [4.69, 9.17) is 14.9 Å². The first-order valence-electron chi connectivity index (χ1n) is 6.67. The molecule has 2 aromatic carbocycles. The lowest BCUT2D eigenvalue weighted by atomic mass is 10.0. The van der Waals surface area contributed by atoms with Gasteiger partial charge in [-0.15, -0.1) is 0 Å². The Kier molecular flexibility index (Phi) is 3.74. The topological polar surface area (TPSA) is 48.4 Å². The van der Waals surface area contributed by atoms with Crippen molar-refractivity contribution >= 4 is 26.9 Å². The summed E-state index contributed by atoms with van der Waals surface area (Å²) in [5.74, 6) is 1.58. The highest BCUT2D eigenvalue weighted by molar-refractivity contribution is 9.10. The van der Waals surface area contributed by atoms with Crippen molar-refractivity contribution in [2.45, 2.75) is 13.0 Å². The minimum absolute atomic E-state index is 0.290. The normalized spacial score (nSPS) is 12.6. The number of aryl methyl sites for hydroxylation is 1. The minimum Gasteiger partial charge on any atom is -0.497 e. The van der Waals surface area contributed by atoms with E-state index in [0.29, 0.717) is 0 Å². The van der Waals surface area contributed by atoms with Crippen LogP contribution in [0.25, 0.3) is 11.0 Å². The zero-order chi connectivity index (χ0) is 15.0. The Morgan fingerprint density at radius 2 is 1.86 bits per heavy atom. The third-order valence-corrected chi connectivity index (χ3v) is 4.03. The first-order valence-corrected chi connectivity index (χ1v) is 7.47. The molecule has 3 rings (SSSR count). The molecule has 0 amide bonds. The second-order valence-corrected chi connectivity index (χ2v) is 5.96. The molecule has 0 saturated carbocycles. The van der Waals surface area contributed by atoms with Crippen LogP contribution in [-0.4, -0.2) is 7.11 Å². The van der Waals surface area contributed by atoms with Gasteiger partial charge in [0.25, 0.3) is 0 Å². The molecule has 3 nitrogen and oxygen atoms in total. The van der Waals surface area contributed by atoms with Gasteiger partial charge in [-0.2, -0.15) is 0 Å². The standard InChI is InChI=1S/C17H16BrNO2/c1-10-7-13(18)8-12-9-15(21-17(10)12)16(19)11-3-5-14(20-2)6-4-11/h3-9,16H,19H2,1-2H3. The number of ether oxygens (including phenoxy) is 1. The van der Waals surface area contributed by atoms with E-state index in [1.807, 2.05) is 49.4 Å². The highest BCUT2D eigenvalue weighted by Gasteiger charge is 2.15. The van der Waals surface area contributed by atoms with Gasteiger partial charge in [0.15, 0.2) is 0 Å². The van der Waals surface area contributed by atoms with Crippen LogP contribution in [0.3, 0.4) is 0 Å². The summed E-state index contributed by atoms with van der Waals surface area (Å²) < 4.78 is 12.2. The number of hydrogen-bond donors (Lipinski definition) is 1. The van der Waals surface area contributed by atoms with Crippen molar-refractivity contribution in [2.75, 3.05) is 7.11 Å². The molecule has 1 atom stereocenters. The zero-order valence-electron chi connectivity index (χ0n) is 11.9. The maximum Gasteiger partial charge on any atom is 0.137 e. The fourth-order valence-electron chi connectivity index (χ4n) is 2.43. The molecule has 0 bridgehead atoms. The number of fused-ring (bicyclic) bond motifs is 1. The van der Waals surface area contributed by atoms with Crippen molar-refractivity contribution in [3.63, 3.8) is 0 Å². The molecule has 0 spiro atoms. The van der Waals surface area contributed by atoms with Crippen LogP contribution in [0, 0.1) is 6.92 Å². The Labute approximate surface area is 131 Å². The van der Waals surface area contributed by atoms with E-state index >= 15 is 0 Å². The lowest BCUT2D eigenvalue weighted by Crippen LogP contribution is -2.10. The molecule has 1 heterocycles. The molecule has 1 aromatic heterocycles. The van der Waals surface area contributed by atoms with Gasteiger partial charge in [-0.25, -0.2) is 0 Å². The molecule has 4 heteroatoms. The number of methoxy groups -OCH3 is 1. The number of rotatable bonds is 3. The van der Waals surface area contributed by atoms with Crippen LogP contribution in [0.4, 0.5) is 0 Å². The van der Waals surface area contributed by atoms with Crippen molar-refractivity contribution in [3.05, 3.63) is 63.8 Å². The van der Waals surface area contributed by atoms with Crippen LogP contribution in [0.1, 0.15) is 22.9 Å². The van der Waals surface area contributed by atoms with Gasteiger partial charge < -0.3 is 14.9 Å². The average Bonchev–Trinajstić information content (AvgIpc) is 2.91. The molecule has 0 aliphatic carbocycles. The van der Waals surface area contributed by atoms with Crippen molar-refractivity contribution in [1.29, 1.82) is 0 Å². The minimum atomic E-state index is -0.290. The van der Waals surface area contributed by atoms with Crippen LogP contribution < -0.4 is 10.5 Å². The molecule has 0 aliphatic rings. The summed E-state index contributed by atoms with van der Waals surface area (Å²) in [5, 5.41) is 1.06. The molecule has 0 saturated heterocycles. The predicted octanol–water partition coefficient (Wildman–Crippen LogP) is 4.56. The molecule has 108 valence electrons. The Bertz CT molecular complexity index is 777. The van der Waals surface area contributed by atoms with Crippen LogP contribution in [0.2, 0.25) is 0 Å². The van der Waals surface area contributed by atoms with E-state index in [9.17, 15) is 0 Å².